The summed E-state index contributed by atoms with van der Waals surface area (Å²) in [6.07, 6.45) is 1.57. The minimum atomic E-state index is 0.0603. The zero-order valence-corrected chi connectivity index (χ0v) is 6.77. The summed E-state index contributed by atoms with van der Waals surface area (Å²) in [5.41, 5.74) is 1.64. The summed E-state index contributed by atoms with van der Waals surface area (Å²) in [5, 5.41) is 0. The lowest BCUT2D eigenvalue weighted by Crippen LogP contribution is -1.77. The molecule has 0 radical (unpaired) electrons. The highest BCUT2D eigenvalue weighted by atomic mass is 127. The number of rotatable bonds is 1. The summed E-state index contributed by atoms with van der Waals surface area (Å²) in [6, 6.07) is 0. The molecular formula is C4H2INOS. The summed E-state index contributed by atoms with van der Waals surface area (Å²) in [5.74, 6) is 0. The van der Waals surface area contributed by atoms with Gasteiger partial charge in [-0.15, -0.1) is 11.3 Å². The van der Waals surface area contributed by atoms with Gasteiger partial charge in [0.2, 0.25) is 3.79 Å². The maximum absolute atomic E-state index is 10.5. The molecule has 2 nitrogen and oxygen atoms in total. The smallest absolute Gasteiger partial charge is 0.233 e. The number of hydrogen-bond acceptors (Lipinski definition) is 3. The van der Waals surface area contributed by atoms with Crippen LogP contribution in [-0.4, -0.2) is 8.77 Å². The summed E-state index contributed by atoms with van der Waals surface area (Å²) in [7, 11) is 0. The van der Waals surface area contributed by atoms with Crippen molar-refractivity contribution in [2.75, 3.05) is 0 Å². The van der Waals surface area contributed by atoms with E-state index in [9.17, 15) is 4.79 Å². The van der Waals surface area contributed by atoms with E-state index in [0.717, 1.165) is 0 Å². The highest BCUT2D eigenvalue weighted by Gasteiger charge is 1.99. The van der Waals surface area contributed by atoms with Crippen LogP contribution >= 0.6 is 33.9 Å². The minimum absolute atomic E-state index is 0.0603. The molecular weight excluding hydrogens is 237 g/mol. The largest absolute Gasteiger partial charge is 0.281 e. The van der Waals surface area contributed by atoms with Gasteiger partial charge < -0.3 is 0 Å². The monoisotopic (exact) mass is 239 g/mol. The van der Waals surface area contributed by atoms with Crippen molar-refractivity contribution in [3.05, 3.63) is 16.6 Å². The van der Waals surface area contributed by atoms with E-state index in [4.69, 9.17) is 0 Å². The third-order valence-corrected chi connectivity index (χ3v) is 2.34. The Labute approximate surface area is 64.1 Å². The van der Waals surface area contributed by atoms with Gasteiger partial charge in [-0.25, -0.2) is 0 Å². The van der Waals surface area contributed by atoms with Crippen LogP contribution in [0, 0.1) is 0 Å². The number of hydrogen-bond donors (Lipinski definition) is 0. The summed E-state index contributed by atoms with van der Waals surface area (Å²) >= 11 is 3.10. The summed E-state index contributed by atoms with van der Waals surface area (Å²) in [4.78, 5) is 14.9. The number of halogens is 1. The van der Waals surface area contributed by atoms with Gasteiger partial charge in [-0.3, -0.25) is 9.78 Å². The lowest BCUT2D eigenvalue weighted by atomic mass is 10.6. The zero-order chi connectivity index (χ0) is 5.98. The van der Waals surface area contributed by atoms with E-state index in [0.29, 0.717) is 4.88 Å². The average molecular weight is 239 g/mol. The zero-order valence-electron chi connectivity index (χ0n) is 3.80. The molecule has 0 aliphatic heterocycles. The third kappa shape index (κ3) is 1.25. The number of nitrogens with zero attached hydrogens (tertiary/aromatic N) is 1. The van der Waals surface area contributed by atoms with Crippen LogP contribution in [0.2, 0.25) is 0 Å². The van der Waals surface area contributed by atoms with Crippen LogP contribution in [0.15, 0.2) is 11.7 Å². The maximum Gasteiger partial charge on any atom is 0.233 e. The van der Waals surface area contributed by atoms with Crippen molar-refractivity contribution in [1.82, 2.24) is 4.98 Å². The predicted octanol–water partition coefficient (Wildman–Crippen LogP) is 1.72. The van der Waals surface area contributed by atoms with E-state index in [1.807, 2.05) is 0 Å². The van der Waals surface area contributed by atoms with Gasteiger partial charge in [0, 0.05) is 28.8 Å². The molecule has 0 atom stereocenters. The number of carbonyl (C=O) groups excluding carboxylic acids is 1. The predicted molar refractivity (Wildman–Crippen MR) is 40.5 cm³/mol. The Morgan fingerprint density at radius 1 is 1.88 bits per heavy atom. The lowest BCUT2D eigenvalue weighted by molar-refractivity contribution is 0.110. The SMILES string of the molecule is O=C(I)c1cncs1. The Bertz CT molecular complexity index is 184. The average Bonchev–Trinajstić information content (AvgIpc) is 2.12. The molecule has 0 saturated carbocycles. The fourth-order valence-electron chi connectivity index (χ4n) is 0.313. The third-order valence-electron chi connectivity index (χ3n) is 0.626. The Morgan fingerprint density at radius 3 is 2.88 bits per heavy atom. The number of carbonyl (C=O) groups is 1. The fourth-order valence-corrected chi connectivity index (χ4v) is 1.28. The highest BCUT2D eigenvalue weighted by molar-refractivity contribution is 14.1. The second-order valence-corrected chi connectivity index (χ2v) is 3.01. The first-order valence-electron chi connectivity index (χ1n) is 1.89. The van der Waals surface area contributed by atoms with Gasteiger partial charge in [-0.05, 0) is 0 Å². The van der Waals surface area contributed by atoms with Gasteiger partial charge in [0.25, 0.3) is 0 Å². The van der Waals surface area contributed by atoms with E-state index in [2.05, 4.69) is 4.98 Å². The van der Waals surface area contributed by atoms with Crippen molar-refractivity contribution in [3.8, 4) is 0 Å². The van der Waals surface area contributed by atoms with Crippen molar-refractivity contribution >= 4 is 37.7 Å². The highest BCUT2D eigenvalue weighted by Crippen LogP contribution is 2.09. The van der Waals surface area contributed by atoms with Crippen molar-refractivity contribution in [2.24, 2.45) is 0 Å². The van der Waals surface area contributed by atoms with Crippen LogP contribution in [-0.2, 0) is 0 Å². The second-order valence-electron chi connectivity index (χ2n) is 1.14. The Balaban J connectivity index is 2.93. The molecule has 0 aromatic carbocycles. The molecule has 0 fully saturated rings. The van der Waals surface area contributed by atoms with E-state index in [1.165, 1.54) is 11.3 Å². The van der Waals surface area contributed by atoms with E-state index in [1.54, 1.807) is 34.3 Å². The summed E-state index contributed by atoms with van der Waals surface area (Å²) in [6.45, 7) is 0. The normalized spacial score (nSPS) is 9.12. The molecule has 1 aromatic rings. The standard InChI is InChI=1S/C4H2INOS/c5-4(7)3-1-6-2-8-3/h1-2H. The molecule has 1 heterocycles. The van der Waals surface area contributed by atoms with E-state index in [-0.39, 0.29) is 3.79 Å². The van der Waals surface area contributed by atoms with Crippen LogP contribution in [0.5, 0.6) is 0 Å². The molecule has 0 aliphatic rings. The van der Waals surface area contributed by atoms with Crippen molar-refractivity contribution in [2.45, 2.75) is 0 Å². The minimum Gasteiger partial charge on any atom is -0.281 e. The summed E-state index contributed by atoms with van der Waals surface area (Å²) < 4.78 is 0.0603. The number of aromatic nitrogens is 1. The molecule has 0 amide bonds. The van der Waals surface area contributed by atoms with Gasteiger partial charge in [-0.1, -0.05) is 0 Å². The molecule has 8 heavy (non-hydrogen) atoms. The maximum atomic E-state index is 10.5. The fraction of sp³-hybridized carbons (Fsp3) is 0. The Morgan fingerprint density at radius 2 is 2.62 bits per heavy atom. The van der Waals surface area contributed by atoms with Crippen LogP contribution < -0.4 is 0 Å². The van der Waals surface area contributed by atoms with Gasteiger partial charge in [0.05, 0.1) is 5.51 Å². The van der Waals surface area contributed by atoms with Gasteiger partial charge in [0.15, 0.2) is 0 Å². The first-order valence-corrected chi connectivity index (χ1v) is 3.85. The second kappa shape index (κ2) is 2.54. The molecule has 42 valence electrons. The van der Waals surface area contributed by atoms with Crippen molar-refractivity contribution < 1.29 is 4.79 Å². The molecule has 0 N–H and O–H groups in total. The van der Waals surface area contributed by atoms with Gasteiger partial charge in [0.1, 0.15) is 4.88 Å². The molecule has 0 saturated heterocycles. The Kier molecular flexibility index (Phi) is 1.95. The molecule has 0 bridgehead atoms. The lowest BCUT2D eigenvalue weighted by Gasteiger charge is -1.75. The van der Waals surface area contributed by atoms with Crippen LogP contribution in [0.25, 0.3) is 0 Å². The topological polar surface area (TPSA) is 30.0 Å². The van der Waals surface area contributed by atoms with E-state index >= 15 is 0 Å². The van der Waals surface area contributed by atoms with E-state index < -0.39 is 0 Å². The van der Waals surface area contributed by atoms with Crippen LogP contribution in [0.1, 0.15) is 9.67 Å². The van der Waals surface area contributed by atoms with Crippen molar-refractivity contribution in [3.63, 3.8) is 0 Å². The molecule has 4 heteroatoms. The van der Waals surface area contributed by atoms with Gasteiger partial charge >= 0.3 is 0 Å². The first kappa shape index (κ1) is 6.15. The molecule has 1 rings (SSSR count). The van der Waals surface area contributed by atoms with Crippen LogP contribution in [0.4, 0.5) is 0 Å². The van der Waals surface area contributed by atoms with Crippen molar-refractivity contribution in [1.29, 1.82) is 0 Å². The van der Waals surface area contributed by atoms with Gasteiger partial charge in [-0.2, -0.15) is 0 Å². The molecule has 0 unspecified atom stereocenters. The Hall–Kier alpha value is 0.0300. The molecule has 0 aliphatic carbocycles. The molecule has 1 aromatic heterocycles. The molecule has 0 spiro atoms. The first-order chi connectivity index (χ1) is 3.80. The quantitative estimate of drug-likeness (QED) is 0.551. The van der Waals surface area contributed by atoms with Crippen LogP contribution in [0.3, 0.4) is 0 Å². The number of thiazole rings is 1.